The lowest BCUT2D eigenvalue weighted by atomic mass is 9.83. The molecule has 0 radical (unpaired) electrons. The fourth-order valence-corrected chi connectivity index (χ4v) is 3.32. The zero-order valence-corrected chi connectivity index (χ0v) is 12.2. The summed E-state index contributed by atoms with van der Waals surface area (Å²) in [5.74, 6) is 1.94. The molecule has 3 nitrogen and oxygen atoms in total. The molecule has 1 aromatic carbocycles. The third-order valence-corrected chi connectivity index (χ3v) is 4.43. The molecule has 0 aliphatic heterocycles. The van der Waals surface area contributed by atoms with Gasteiger partial charge >= 0.3 is 0 Å². The van der Waals surface area contributed by atoms with Gasteiger partial charge in [0.1, 0.15) is 12.1 Å². The largest absolute Gasteiger partial charge is 0.367 e. The number of benzene rings is 1. The van der Waals surface area contributed by atoms with Gasteiger partial charge < -0.3 is 5.32 Å². The lowest BCUT2D eigenvalue weighted by molar-refractivity contribution is 0.318. The standard InChI is InChI=1S/C17H23N3/c1-2-5-13-8-10-14(11-9-13)20-17-15-6-3-4-7-16(15)18-12-19-17/h3-4,6-7,12-14H,2,5,8-11H2,1H3,(H,18,19,20). The summed E-state index contributed by atoms with van der Waals surface area (Å²) < 4.78 is 0. The molecule has 3 rings (SSSR count). The average molecular weight is 269 g/mol. The van der Waals surface area contributed by atoms with Crippen LogP contribution in [0, 0.1) is 5.92 Å². The molecular formula is C17H23N3. The average Bonchev–Trinajstić information content (AvgIpc) is 2.50. The molecule has 106 valence electrons. The van der Waals surface area contributed by atoms with E-state index in [0.29, 0.717) is 6.04 Å². The second kappa shape index (κ2) is 6.21. The molecule has 2 aromatic rings. The third-order valence-electron chi connectivity index (χ3n) is 4.43. The van der Waals surface area contributed by atoms with E-state index >= 15 is 0 Å². The van der Waals surface area contributed by atoms with Gasteiger partial charge in [-0.2, -0.15) is 0 Å². The van der Waals surface area contributed by atoms with Crippen LogP contribution in [0.4, 0.5) is 5.82 Å². The van der Waals surface area contributed by atoms with Crippen LogP contribution < -0.4 is 5.32 Å². The molecule has 1 N–H and O–H groups in total. The molecule has 1 aliphatic carbocycles. The van der Waals surface area contributed by atoms with Crippen LogP contribution in [0.15, 0.2) is 30.6 Å². The van der Waals surface area contributed by atoms with Crippen molar-refractivity contribution in [3.05, 3.63) is 30.6 Å². The molecule has 1 aromatic heterocycles. The van der Waals surface area contributed by atoms with E-state index in [4.69, 9.17) is 0 Å². The molecule has 20 heavy (non-hydrogen) atoms. The molecule has 0 bridgehead atoms. The predicted molar refractivity (Wildman–Crippen MR) is 83.8 cm³/mol. The van der Waals surface area contributed by atoms with Crippen molar-refractivity contribution in [1.82, 2.24) is 9.97 Å². The highest BCUT2D eigenvalue weighted by molar-refractivity contribution is 5.88. The minimum absolute atomic E-state index is 0.571. The molecular weight excluding hydrogens is 246 g/mol. The van der Waals surface area contributed by atoms with Gasteiger partial charge in [-0.3, -0.25) is 0 Å². The summed E-state index contributed by atoms with van der Waals surface area (Å²) in [6.07, 6.45) is 9.62. The van der Waals surface area contributed by atoms with E-state index in [-0.39, 0.29) is 0 Å². The Morgan fingerprint density at radius 3 is 2.70 bits per heavy atom. The van der Waals surface area contributed by atoms with Gasteiger partial charge in [0.05, 0.1) is 5.52 Å². The van der Waals surface area contributed by atoms with Crippen LogP contribution in [0.5, 0.6) is 0 Å². The van der Waals surface area contributed by atoms with E-state index in [1.54, 1.807) is 6.33 Å². The Bertz CT molecular complexity index is 554. The van der Waals surface area contributed by atoms with Gasteiger partial charge in [0, 0.05) is 11.4 Å². The summed E-state index contributed by atoms with van der Waals surface area (Å²) in [4.78, 5) is 8.75. The van der Waals surface area contributed by atoms with Gasteiger partial charge in [0.25, 0.3) is 0 Å². The number of hydrogen-bond donors (Lipinski definition) is 1. The normalized spacial score (nSPS) is 22.9. The zero-order chi connectivity index (χ0) is 13.8. The topological polar surface area (TPSA) is 37.8 Å². The zero-order valence-electron chi connectivity index (χ0n) is 12.2. The first-order valence-electron chi connectivity index (χ1n) is 7.83. The van der Waals surface area contributed by atoms with Crippen molar-refractivity contribution in [2.75, 3.05) is 5.32 Å². The molecule has 0 unspecified atom stereocenters. The molecule has 0 atom stereocenters. The number of nitrogens with zero attached hydrogens (tertiary/aromatic N) is 2. The molecule has 0 spiro atoms. The quantitative estimate of drug-likeness (QED) is 0.894. The van der Waals surface area contributed by atoms with Crippen molar-refractivity contribution in [1.29, 1.82) is 0 Å². The summed E-state index contributed by atoms with van der Waals surface area (Å²) in [7, 11) is 0. The number of hydrogen-bond acceptors (Lipinski definition) is 3. The SMILES string of the molecule is CCCC1CCC(Nc2ncnc3ccccc23)CC1. The smallest absolute Gasteiger partial charge is 0.137 e. The van der Waals surface area contributed by atoms with E-state index in [1.807, 2.05) is 12.1 Å². The Morgan fingerprint density at radius 1 is 1.10 bits per heavy atom. The van der Waals surface area contributed by atoms with Gasteiger partial charge in [-0.05, 0) is 43.7 Å². The van der Waals surface area contributed by atoms with Crippen LogP contribution in [-0.4, -0.2) is 16.0 Å². The number of rotatable bonds is 4. The highest BCUT2D eigenvalue weighted by atomic mass is 15.0. The van der Waals surface area contributed by atoms with Crippen LogP contribution in [0.25, 0.3) is 10.9 Å². The van der Waals surface area contributed by atoms with Crippen LogP contribution in [0.3, 0.4) is 0 Å². The fourth-order valence-electron chi connectivity index (χ4n) is 3.32. The van der Waals surface area contributed by atoms with E-state index in [2.05, 4.69) is 34.3 Å². The van der Waals surface area contributed by atoms with Crippen molar-refractivity contribution in [2.45, 2.75) is 51.5 Å². The summed E-state index contributed by atoms with van der Waals surface area (Å²) in [6.45, 7) is 2.29. The first-order chi connectivity index (χ1) is 9.86. The maximum atomic E-state index is 4.43. The predicted octanol–water partition coefficient (Wildman–Crippen LogP) is 4.40. The van der Waals surface area contributed by atoms with Crippen LogP contribution in [-0.2, 0) is 0 Å². The first-order valence-corrected chi connectivity index (χ1v) is 7.83. The summed E-state index contributed by atoms with van der Waals surface area (Å²) in [6, 6.07) is 8.78. The Labute approximate surface area is 120 Å². The number of nitrogens with one attached hydrogen (secondary N) is 1. The Morgan fingerprint density at radius 2 is 1.90 bits per heavy atom. The minimum atomic E-state index is 0.571. The van der Waals surface area contributed by atoms with Crippen molar-refractivity contribution in [2.24, 2.45) is 5.92 Å². The van der Waals surface area contributed by atoms with Crippen LogP contribution in [0.2, 0.25) is 0 Å². The van der Waals surface area contributed by atoms with Gasteiger partial charge in [-0.25, -0.2) is 9.97 Å². The lowest BCUT2D eigenvalue weighted by Gasteiger charge is -2.29. The van der Waals surface area contributed by atoms with Crippen molar-refractivity contribution in [3.63, 3.8) is 0 Å². The summed E-state index contributed by atoms with van der Waals surface area (Å²) >= 11 is 0. The van der Waals surface area contributed by atoms with Gasteiger partial charge in [-0.1, -0.05) is 31.9 Å². The Hall–Kier alpha value is -1.64. The first kappa shape index (κ1) is 13.3. The molecule has 1 saturated carbocycles. The second-order valence-corrected chi connectivity index (χ2v) is 5.89. The Balaban J connectivity index is 1.68. The second-order valence-electron chi connectivity index (χ2n) is 5.89. The van der Waals surface area contributed by atoms with E-state index in [0.717, 1.165) is 22.6 Å². The van der Waals surface area contributed by atoms with Gasteiger partial charge in [0.2, 0.25) is 0 Å². The number of para-hydroxylation sites is 1. The lowest BCUT2D eigenvalue weighted by Crippen LogP contribution is -2.26. The maximum Gasteiger partial charge on any atom is 0.137 e. The minimum Gasteiger partial charge on any atom is -0.367 e. The van der Waals surface area contributed by atoms with E-state index < -0.39 is 0 Å². The van der Waals surface area contributed by atoms with Crippen LogP contribution in [0.1, 0.15) is 45.4 Å². The number of fused-ring (bicyclic) bond motifs is 1. The maximum absolute atomic E-state index is 4.43. The molecule has 3 heteroatoms. The van der Waals surface area contributed by atoms with Crippen molar-refractivity contribution >= 4 is 16.7 Å². The fraction of sp³-hybridized carbons (Fsp3) is 0.529. The summed E-state index contributed by atoms with van der Waals surface area (Å²) in [5, 5.41) is 4.77. The molecule has 1 heterocycles. The van der Waals surface area contributed by atoms with E-state index in [9.17, 15) is 0 Å². The molecule has 0 saturated heterocycles. The van der Waals surface area contributed by atoms with Gasteiger partial charge in [0.15, 0.2) is 0 Å². The highest BCUT2D eigenvalue weighted by Gasteiger charge is 2.21. The van der Waals surface area contributed by atoms with Gasteiger partial charge in [-0.15, -0.1) is 0 Å². The number of aromatic nitrogens is 2. The molecule has 1 fully saturated rings. The number of anilines is 1. The van der Waals surface area contributed by atoms with Crippen molar-refractivity contribution in [3.8, 4) is 0 Å². The molecule has 0 amide bonds. The monoisotopic (exact) mass is 269 g/mol. The van der Waals surface area contributed by atoms with E-state index in [1.165, 1.54) is 38.5 Å². The Kier molecular flexibility index (Phi) is 4.14. The third kappa shape index (κ3) is 2.92. The van der Waals surface area contributed by atoms with Crippen LogP contribution >= 0.6 is 0 Å². The summed E-state index contributed by atoms with van der Waals surface area (Å²) in [5.41, 5.74) is 1.02. The van der Waals surface area contributed by atoms with Crippen molar-refractivity contribution < 1.29 is 0 Å². The highest BCUT2D eigenvalue weighted by Crippen LogP contribution is 2.30. The molecule has 1 aliphatic rings.